The fourth-order valence-electron chi connectivity index (χ4n) is 2.25. The summed E-state index contributed by atoms with van der Waals surface area (Å²) in [4.78, 5) is 31.9. The van der Waals surface area contributed by atoms with Gasteiger partial charge in [0.15, 0.2) is 17.4 Å². The molecule has 2 aliphatic heterocycles. The first kappa shape index (κ1) is 15.6. The second-order valence-corrected chi connectivity index (χ2v) is 5.76. The number of rotatable bonds is 4. The molecular formula is C14H20N4O2S. The molecule has 0 radical (unpaired) electrons. The number of hydrogen-bond acceptors (Lipinski definition) is 5. The van der Waals surface area contributed by atoms with Crippen molar-refractivity contribution in [2.24, 2.45) is 4.99 Å². The van der Waals surface area contributed by atoms with Crippen LogP contribution in [0.3, 0.4) is 0 Å². The highest BCUT2D eigenvalue weighted by atomic mass is 32.2. The lowest BCUT2D eigenvalue weighted by Gasteiger charge is -2.35. The Morgan fingerprint density at radius 3 is 2.67 bits per heavy atom. The van der Waals surface area contributed by atoms with Gasteiger partial charge in [-0.15, -0.1) is 0 Å². The van der Waals surface area contributed by atoms with E-state index in [1.165, 1.54) is 4.90 Å². The van der Waals surface area contributed by atoms with Gasteiger partial charge in [-0.05, 0) is 13.8 Å². The maximum absolute atomic E-state index is 12.2. The molecule has 0 spiro atoms. The third-order valence-electron chi connectivity index (χ3n) is 3.40. The van der Waals surface area contributed by atoms with E-state index in [9.17, 15) is 9.59 Å². The van der Waals surface area contributed by atoms with Crippen molar-refractivity contribution in [3.05, 3.63) is 24.3 Å². The summed E-state index contributed by atoms with van der Waals surface area (Å²) in [5.41, 5.74) is 0. The SMILES string of the molecule is C/C=C/CSC1=NC2C(C(=O)NC(=O)N2C)N1C/C=C/C. The van der Waals surface area contributed by atoms with Crippen molar-refractivity contribution < 1.29 is 9.59 Å². The van der Waals surface area contributed by atoms with Gasteiger partial charge < -0.3 is 9.80 Å². The van der Waals surface area contributed by atoms with Crippen molar-refractivity contribution in [1.82, 2.24) is 15.1 Å². The molecule has 0 aromatic rings. The lowest BCUT2D eigenvalue weighted by atomic mass is 10.1. The van der Waals surface area contributed by atoms with E-state index in [2.05, 4.69) is 10.3 Å². The van der Waals surface area contributed by atoms with Crippen molar-refractivity contribution in [2.45, 2.75) is 26.1 Å². The van der Waals surface area contributed by atoms with Gasteiger partial charge in [0.1, 0.15) is 0 Å². The zero-order valence-electron chi connectivity index (χ0n) is 12.4. The fraction of sp³-hybridized carbons (Fsp3) is 0.500. The number of hydrogen-bond donors (Lipinski definition) is 1. The minimum atomic E-state index is -0.447. The summed E-state index contributed by atoms with van der Waals surface area (Å²) in [5, 5.41) is 3.18. The van der Waals surface area contributed by atoms with E-state index < -0.39 is 18.2 Å². The highest BCUT2D eigenvalue weighted by Crippen LogP contribution is 2.28. The van der Waals surface area contributed by atoms with Gasteiger partial charge in [0.05, 0.1) is 0 Å². The van der Waals surface area contributed by atoms with Gasteiger partial charge in [0.25, 0.3) is 5.91 Å². The number of amides is 3. The molecule has 0 saturated carbocycles. The summed E-state index contributed by atoms with van der Waals surface area (Å²) in [5.74, 6) is 0.512. The maximum atomic E-state index is 12.2. The van der Waals surface area contributed by atoms with Crippen molar-refractivity contribution in [1.29, 1.82) is 0 Å². The normalized spacial score (nSPS) is 25.8. The molecule has 0 aromatic carbocycles. The van der Waals surface area contributed by atoms with Crippen LogP contribution in [0.15, 0.2) is 29.3 Å². The molecule has 0 aliphatic carbocycles. The summed E-state index contributed by atoms with van der Waals surface area (Å²) >= 11 is 1.58. The third-order valence-corrected chi connectivity index (χ3v) is 4.36. The number of imide groups is 1. The number of urea groups is 1. The molecular weight excluding hydrogens is 288 g/mol. The predicted octanol–water partition coefficient (Wildman–Crippen LogP) is 1.42. The Morgan fingerprint density at radius 2 is 2.00 bits per heavy atom. The van der Waals surface area contributed by atoms with Gasteiger partial charge in [-0.3, -0.25) is 10.1 Å². The van der Waals surface area contributed by atoms with Crippen molar-refractivity contribution in [3.8, 4) is 0 Å². The molecule has 2 atom stereocenters. The van der Waals surface area contributed by atoms with Crippen LogP contribution < -0.4 is 5.32 Å². The number of thioether (sulfide) groups is 1. The summed E-state index contributed by atoms with van der Waals surface area (Å²) in [6.45, 7) is 4.51. The van der Waals surface area contributed by atoms with Gasteiger partial charge in [0.2, 0.25) is 0 Å². The van der Waals surface area contributed by atoms with Crippen molar-refractivity contribution in [3.63, 3.8) is 0 Å². The Kier molecular flexibility index (Phi) is 5.06. The molecule has 1 N–H and O–H groups in total. The topological polar surface area (TPSA) is 65.0 Å². The maximum Gasteiger partial charge on any atom is 0.325 e. The zero-order chi connectivity index (χ0) is 15.4. The van der Waals surface area contributed by atoms with E-state index >= 15 is 0 Å². The van der Waals surface area contributed by atoms with Crippen LogP contribution in [0.25, 0.3) is 0 Å². The lowest BCUT2D eigenvalue weighted by molar-refractivity contribution is -0.126. The molecule has 0 aromatic heterocycles. The Bertz CT molecular complexity index is 515. The minimum absolute atomic E-state index is 0.280. The highest BCUT2D eigenvalue weighted by Gasteiger charge is 2.48. The van der Waals surface area contributed by atoms with Crippen LogP contribution in [0.2, 0.25) is 0 Å². The molecule has 1 saturated heterocycles. The first-order chi connectivity index (χ1) is 10.1. The number of nitrogens with zero attached hydrogens (tertiary/aromatic N) is 3. The van der Waals surface area contributed by atoms with E-state index in [0.717, 1.165) is 10.9 Å². The Labute approximate surface area is 129 Å². The predicted molar refractivity (Wildman–Crippen MR) is 85.1 cm³/mol. The quantitative estimate of drug-likeness (QED) is 0.798. The Balaban J connectivity index is 2.24. The number of amidine groups is 1. The minimum Gasteiger partial charge on any atom is -0.332 e. The molecule has 21 heavy (non-hydrogen) atoms. The monoisotopic (exact) mass is 308 g/mol. The fourth-order valence-corrected chi connectivity index (χ4v) is 3.22. The summed E-state index contributed by atoms with van der Waals surface area (Å²) < 4.78 is 0. The average molecular weight is 308 g/mol. The molecule has 2 aliphatic rings. The van der Waals surface area contributed by atoms with E-state index in [4.69, 9.17) is 0 Å². The smallest absolute Gasteiger partial charge is 0.325 e. The van der Waals surface area contributed by atoms with E-state index in [1.54, 1.807) is 18.8 Å². The van der Waals surface area contributed by atoms with Crippen LogP contribution in [-0.4, -0.2) is 58.5 Å². The van der Waals surface area contributed by atoms with E-state index in [-0.39, 0.29) is 5.91 Å². The number of allylic oxidation sites excluding steroid dienone is 2. The van der Waals surface area contributed by atoms with E-state index in [0.29, 0.717) is 6.54 Å². The molecule has 6 nitrogen and oxygen atoms in total. The first-order valence-corrected chi connectivity index (χ1v) is 7.86. The third kappa shape index (κ3) is 3.12. The second kappa shape index (κ2) is 6.80. The Morgan fingerprint density at radius 1 is 1.29 bits per heavy atom. The van der Waals surface area contributed by atoms with Crippen LogP contribution in [0, 0.1) is 0 Å². The molecule has 2 rings (SSSR count). The van der Waals surface area contributed by atoms with Gasteiger partial charge in [-0.2, -0.15) is 0 Å². The van der Waals surface area contributed by atoms with Crippen LogP contribution >= 0.6 is 11.8 Å². The van der Waals surface area contributed by atoms with E-state index in [1.807, 2.05) is 43.1 Å². The summed E-state index contributed by atoms with van der Waals surface area (Å²) in [6, 6.07) is -0.840. The number of likely N-dealkylation sites (N-methyl/N-ethyl adjacent to an activating group) is 1. The number of nitrogens with one attached hydrogen (secondary N) is 1. The number of carbonyl (C=O) groups is 2. The molecule has 3 amide bonds. The molecule has 7 heteroatoms. The largest absolute Gasteiger partial charge is 0.332 e. The Hall–Kier alpha value is -1.76. The molecule has 2 heterocycles. The van der Waals surface area contributed by atoms with Gasteiger partial charge in [-0.25, -0.2) is 9.79 Å². The number of aliphatic imine (C=N–C) groups is 1. The van der Waals surface area contributed by atoms with Gasteiger partial charge >= 0.3 is 6.03 Å². The van der Waals surface area contributed by atoms with Gasteiger partial charge in [-0.1, -0.05) is 36.1 Å². The zero-order valence-corrected chi connectivity index (χ0v) is 13.3. The van der Waals surface area contributed by atoms with Crippen LogP contribution in [-0.2, 0) is 4.79 Å². The van der Waals surface area contributed by atoms with Gasteiger partial charge in [0, 0.05) is 19.3 Å². The van der Waals surface area contributed by atoms with Crippen LogP contribution in [0.1, 0.15) is 13.8 Å². The van der Waals surface area contributed by atoms with Crippen molar-refractivity contribution >= 4 is 28.9 Å². The lowest BCUT2D eigenvalue weighted by Crippen LogP contribution is -2.63. The second-order valence-electron chi connectivity index (χ2n) is 4.78. The number of carbonyl (C=O) groups excluding carboxylic acids is 2. The molecule has 1 fully saturated rings. The number of fused-ring (bicyclic) bond motifs is 1. The highest BCUT2D eigenvalue weighted by molar-refractivity contribution is 8.13. The molecule has 2 unspecified atom stereocenters. The van der Waals surface area contributed by atoms with Crippen LogP contribution in [0.5, 0.6) is 0 Å². The average Bonchev–Trinajstić information content (AvgIpc) is 2.82. The summed E-state index contributed by atoms with van der Waals surface area (Å²) in [7, 11) is 1.66. The summed E-state index contributed by atoms with van der Waals surface area (Å²) in [6.07, 6.45) is 7.51. The molecule has 114 valence electrons. The standard InChI is InChI=1S/C14H20N4O2S/c1-4-6-8-18-10-11(15-14(18)21-9-7-5-2)17(3)13(20)16-12(10)19/h4-7,10-11H,8-9H2,1-3H3,(H,16,19,20)/b6-4+,7-5+. The molecule has 0 bridgehead atoms. The first-order valence-electron chi connectivity index (χ1n) is 6.87. The van der Waals surface area contributed by atoms with Crippen molar-refractivity contribution in [2.75, 3.05) is 19.3 Å². The van der Waals surface area contributed by atoms with Crippen LogP contribution in [0.4, 0.5) is 4.79 Å².